The van der Waals surface area contributed by atoms with Crippen molar-refractivity contribution in [3.05, 3.63) is 34.9 Å². The molecule has 1 aromatic rings. The second-order valence-electron chi connectivity index (χ2n) is 5.18. The van der Waals surface area contributed by atoms with Crippen LogP contribution in [-0.4, -0.2) is 5.11 Å². The van der Waals surface area contributed by atoms with Gasteiger partial charge in [0.1, 0.15) is 5.75 Å². The first-order valence-electron chi connectivity index (χ1n) is 6.04. The van der Waals surface area contributed by atoms with E-state index >= 15 is 0 Å². The van der Waals surface area contributed by atoms with Crippen molar-refractivity contribution in [2.24, 2.45) is 5.92 Å². The smallest absolute Gasteiger partial charge is 0.118 e. The first kappa shape index (κ1) is 11.3. The molecule has 2 rings (SSSR count). The van der Waals surface area contributed by atoms with Crippen molar-refractivity contribution in [2.45, 2.75) is 40.0 Å². The van der Waals surface area contributed by atoms with Gasteiger partial charge in [0, 0.05) is 0 Å². The zero-order valence-electron chi connectivity index (χ0n) is 10.5. The lowest BCUT2D eigenvalue weighted by Gasteiger charge is -2.26. The molecule has 0 heterocycles. The lowest BCUT2D eigenvalue weighted by atomic mass is 9.79. The number of hydrogen-bond acceptors (Lipinski definition) is 1. The number of rotatable bonds is 1. The number of aryl methyl sites for hydroxylation is 1. The van der Waals surface area contributed by atoms with E-state index in [1.165, 1.54) is 16.7 Å². The van der Waals surface area contributed by atoms with E-state index < -0.39 is 0 Å². The van der Waals surface area contributed by atoms with Crippen molar-refractivity contribution < 1.29 is 5.11 Å². The Morgan fingerprint density at radius 3 is 2.62 bits per heavy atom. The number of fused-ring (bicyclic) bond motifs is 1. The zero-order chi connectivity index (χ0) is 11.9. The van der Waals surface area contributed by atoms with Crippen LogP contribution in [0.2, 0.25) is 0 Å². The van der Waals surface area contributed by atoms with Crippen molar-refractivity contribution >= 4 is 5.57 Å². The quantitative estimate of drug-likeness (QED) is 0.744. The van der Waals surface area contributed by atoms with Crippen LogP contribution in [-0.2, 0) is 0 Å². The van der Waals surface area contributed by atoms with E-state index in [0.29, 0.717) is 17.6 Å². The highest BCUT2D eigenvalue weighted by Crippen LogP contribution is 2.40. The van der Waals surface area contributed by atoms with Gasteiger partial charge < -0.3 is 5.11 Å². The Morgan fingerprint density at radius 2 is 2.00 bits per heavy atom. The molecule has 1 aliphatic rings. The maximum atomic E-state index is 9.80. The summed E-state index contributed by atoms with van der Waals surface area (Å²) < 4.78 is 0. The van der Waals surface area contributed by atoms with E-state index in [4.69, 9.17) is 0 Å². The molecule has 0 fully saturated rings. The van der Waals surface area contributed by atoms with Gasteiger partial charge in [0.05, 0.1) is 0 Å². The van der Waals surface area contributed by atoms with Gasteiger partial charge in [-0.2, -0.15) is 0 Å². The van der Waals surface area contributed by atoms with Crippen molar-refractivity contribution in [3.8, 4) is 5.75 Å². The van der Waals surface area contributed by atoms with Crippen LogP contribution in [0.4, 0.5) is 0 Å². The summed E-state index contributed by atoms with van der Waals surface area (Å²) >= 11 is 0. The van der Waals surface area contributed by atoms with E-state index in [9.17, 15) is 5.11 Å². The predicted molar refractivity (Wildman–Crippen MR) is 68.7 cm³/mol. The Morgan fingerprint density at radius 1 is 1.31 bits per heavy atom. The Labute approximate surface area is 97.8 Å². The van der Waals surface area contributed by atoms with Crippen LogP contribution in [0.15, 0.2) is 18.2 Å². The molecule has 0 unspecified atom stereocenters. The van der Waals surface area contributed by atoms with Gasteiger partial charge in [0.15, 0.2) is 0 Å². The summed E-state index contributed by atoms with van der Waals surface area (Å²) in [6, 6.07) is 4.08. The van der Waals surface area contributed by atoms with Gasteiger partial charge in [-0.3, -0.25) is 0 Å². The lowest BCUT2D eigenvalue weighted by molar-refractivity contribution is 0.469. The number of benzene rings is 1. The van der Waals surface area contributed by atoms with Crippen molar-refractivity contribution in [1.82, 2.24) is 0 Å². The maximum absolute atomic E-state index is 9.80. The van der Waals surface area contributed by atoms with Gasteiger partial charge >= 0.3 is 0 Å². The SMILES string of the molecule is Cc1cc2c(cc1O)[C@@H](C)CC=C2C(C)C. The summed E-state index contributed by atoms with van der Waals surface area (Å²) in [5.41, 5.74) is 5.04. The van der Waals surface area contributed by atoms with Crippen LogP contribution in [0.5, 0.6) is 5.75 Å². The number of hydrogen-bond donors (Lipinski definition) is 1. The molecule has 0 saturated heterocycles. The third kappa shape index (κ3) is 1.75. The monoisotopic (exact) mass is 216 g/mol. The highest BCUT2D eigenvalue weighted by molar-refractivity contribution is 5.73. The Balaban J connectivity index is 2.60. The second kappa shape index (κ2) is 3.97. The molecule has 0 amide bonds. The average Bonchev–Trinajstić information content (AvgIpc) is 2.21. The van der Waals surface area contributed by atoms with E-state index in [2.05, 4.69) is 32.9 Å². The lowest BCUT2D eigenvalue weighted by Crippen LogP contribution is -2.08. The molecule has 0 spiro atoms. The van der Waals surface area contributed by atoms with Gasteiger partial charge in [0.2, 0.25) is 0 Å². The highest BCUT2D eigenvalue weighted by atomic mass is 16.3. The summed E-state index contributed by atoms with van der Waals surface area (Å²) in [5, 5.41) is 9.80. The number of phenols is 1. The zero-order valence-corrected chi connectivity index (χ0v) is 10.5. The van der Waals surface area contributed by atoms with Gasteiger partial charge in [-0.15, -0.1) is 0 Å². The third-order valence-electron chi connectivity index (χ3n) is 3.52. The van der Waals surface area contributed by atoms with E-state index in [1.54, 1.807) is 0 Å². The summed E-state index contributed by atoms with van der Waals surface area (Å²) in [6.07, 6.45) is 3.44. The molecular weight excluding hydrogens is 196 g/mol. The fourth-order valence-corrected chi connectivity index (χ4v) is 2.46. The van der Waals surface area contributed by atoms with Crippen molar-refractivity contribution in [3.63, 3.8) is 0 Å². The molecule has 0 radical (unpaired) electrons. The van der Waals surface area contributed by atoms with E-state index in [-0.39, 0.29) is 0 Å². The van der Waals surface area contributed by atoms with Gasteiger partial charge in [-0.1, -0.05) is 26.8 Å². The molecule has 16 heavy (non-hydrogen) atoms. The molecule has 1 heteroatoms. The second-order valence-corrected chi connectivity index (χ2v) is 5.18. The molecule has 0 bridgehead atoms. The topological polar surface area (TPSA) is 20.2 Å². The highest BCUT2D eigenvalue weighted by Gasteiger charge is 2.21. The standard InChI is InChI=1S/C15H20O/c1-9(2)12-6-5-10(3)13-8-15(16)11(4)7-14(12)13/h6-10,16H,5H2,1-4H3/t10-/m0/s1. The molecule has 1 atom stereocenters. The fourth-order valence-electron chi connectivity index (χ4n) is 2.46. The van der Waals surface area contributed by atoms with E-state index in [0.717, 1.165) is 12.0 Å². The number of phenolic OH excluding ortho intramolecular Hbond substituents is 1. The normalized spacial score (nSPS) is 19.6. The maximum Gasteiger partial charge on any atom is 0.118 e. The molecule has 1 aromatic carbocycles. The third-order valence-corrected chi connectivity index (χ3v) is 3.52. The number of aromatic hydroxyl groups is 1. The van der Waals surface area contributed by atoms with E-state index in [1.807, 2.05) is 13.0 Å². The molecule has 0 aromatic heterocycles. The minimum Gasteiger partial charge on any atom is -0.508 e. The molecule has 86 valence electrons. The molecule has 0 saturated carbocycles. The van der Waals surface area contributed by atoms with Crippen molar-refractivity contribution in [1.29, 1.82) is 0 Å². The summed E-state index contributed by atoms with van der Waals surface area (Å²) in [5.74, 6) is 1.50. The molecule has 0 aliphatic heterocycles. The summed E-state index contributed by atoms with van der Waals surface area (Å²) in [4.78, 5) is 0. The van der Waals surface area contributed by atoms with Crippen LogP contribution in [0, 0.1) is 12.8 Å². The Hall–Kier alpha value is -1.24. The molecule has 1 aliphatic carbocycles. The predicted octanol–water partition coefficient (Wildman–Crippen LogP) is 4.25. The van der Waals surface area contributed by atoms with Gasteiger partial charge in [-0.25, -0.2) is 0 Å². The molecular formula is C15H20O. The molecule has 1 nitrogen and oxygen atoms in total. The largest absolute Gasteiger partial charge is 0.508 e. The first-order valence-corrected chi connectivity index (χ1v) is 6.04. The Kier molecular flexibility index (Phi) is 2.79. The minimum absolute atomic E-state index is 0.426. The summed E-state index contributed by atoms with van der Waals surface area (Å²) in [6.45, 7) is 8.65. The first-order chi connectivity index (χ1) is 7.50. The fraction of sp³-hybridized carbons (Fsp3) is 0.467. The van der Waals surface area contributed by atoms with Gasteiger partial charge in [-0.05, 0) is 59.6 Å². The van der Waals surface area contributed by atoms with Crippen molar-refractivity contribution in [2.75, 3.05) is 0 Å². The van der Waals surface area contributed by atoms with Crippen LogP contribution < -0.4 is 0 Å². The molecule has 1 N–H and O–H groups in total. The average molecular weight is 216 g/mol. The van der Waals surface area contributed by atoms with Crippen LogP contribution in [0.3, 0.4) is 0 Å². The summed E-state index contributed by atoms with van der Waals surface area (Å²) in [7, 11) is 0. The Bertz CT molecular complexity index is 441. The van der Waals surface area contributed by atoms with Crippen LogP contribution >= 0.6 is 0 Å². The minimum atomic E-state index is 0.426. The van der Waals surface area contributed by atoms with Crippen LogP contribution in [0.1, 0.15) is 49.8 Å². The van der Waals surface area contributed by atoms with Crippen LogP contribution in [0.25, 0.3) is 5.57 Å². The van der Waals surface area contributed by atoms with Gasteiger partial charge in [0.25, 0.3) is 0 Å². The number of allylic oxidation sites excluding steroid dienone is 2.